The molecular formula is C10H15Cl2FN2. The molecule has 1 fully saturated rings. The van der Waals surface area contributed by atoms with Crippen LogP contribution in [0.5, 0.6) is 0 Å². The van der Waals surface area contributed by atoms with Gasteiger partial charge >= 0.3 is 0 Å². The number of hydrogen-bond acceptors (Lipinski definition) is 2. The Hall–Kier alpha value is -0.380. The van der Waals surface area contributed by atoms with Crippen molar-refractivity contribution in [3.8, 4) is 0 Å². The van der Waals surface area contributed by atoms with Crippen molar-refractivity contribution in [2.45, 2.75) is 5.92 Å². The SMILES string of the molecule is Cl.Cl.FCC1CNCC1c1ccncc1. The lowest BCUT2D eigenvalue weighted by Gasteiger charge is -2.14. The molecule has 0 aliphatic carbocycles. The Bertz CT molecular complexity index is 271. The molecule has 1 aromatic heterocycles. The van der Waals surface area contributed by atoms with Crippen LogP contribution in [0.3, 0.4) is 0 Å². The second kappa shape index (κ2) is 6.99. The van der Waals surface area contributed by atoms with Crippen molar-refractivity contribution in [2.75, 3.05) is 19.8 Å². The number of aromatic nitrogens is 1. The second-order valence-corrected chi connectivity index (χ2v) is 3.46. The third kappa shape index (κ3) is 3.30. The van der Waals surface area contributed by atoms with Crippen molar-refractivity contribution < 1.29 is 4.39 Å². The van der Waals surface area contributed by atoms with Crippen LogP contribution in [0.1, 0.15) is 11.5 Å². The van der Waals surface area contributed by atoms with Crippen LogP contribution in [0.4, 0.5) is 4.39 Å². The van der Waals surface area contributed by atoms with Gasteiger partial charge < -0.3 is 5.32 Å². The predicted octanol–water partition coefficient (Wildman–Crippen LogP) is 2.20. The van der Waals surface area contributed by atoms with Gasteiger partial charge in [0, 0.05) is 37.3 Å². The van der Waals surface area contributed by atoms with Crippen LogP contribution in [0.25, 0.3) is 0 Å². The fourth-order valence-corrected chi connectivity index (χ4v) is 1.90. The van der Waals surface area contributed by atoms with E-state index in [9.17, 15) is 4.39 Å². The van der Waals surface area contributed by atoms with Crippen LogP contribution in [-0.2, 0) is 0 Å². The number of hydrogen-bond donors (Lipinski definition) is 1. The minimum absolute atomic E-state index is 0. The third-order valence-corrected chi connectivity index (χ3v) is 2.67. The van der Waals surface area contributed by atoms with Crippen molar-refractivity contribution in [3.05, 3.63) is 30.1 Å². The summed E-state index contributed by atoms with van der Waals surface area (Å²) in [4.78, 5) is 3.95. The van der Waals surface area contributed by atoms with Crippen molar-refractivity contribution in [1.82, 2.24) is 10.3 Å². The zero-order chi connectivity index (χ0) is 9.10. The summed E-state index contributed by atoms with van der Waals surface area (Å²) in [5.74, 6) is 0.468. The number of nitrogens with zero attached hydrogens (tertiary/aromatic N) is 1. The third-order valence-electron chi connectivity index (χ3n) is 2.67. The van der Waals surface area contributed by atoms with Gasteiger partial charge in [-0.05, 0) is 17.7 Å². The number of halogens is 3. The van der Waals surface area contributed by atoms with E-state index < -0.39 is 0 Å². The van der Waals surface area contributed by atoms with E-state index in [-0.39, 0.29) is 37.4 Å². The summed E-state index contributed by atoms with van der Waals surface area (Å²) in [7, 11) is 0. The molecule has 2 unspecified atom stereocenters. The summed E-state index contributed by atoms with van der Waals surface area (Å²) < 4.78 is 12.6. The van der Waals surface area contributed by atoms with Crippen LogP contribution in [0, 0.1) is 5.92 Å². The second-order valence-electron chi connectivity index (χ2n) is 3.46. The van der Waals surface area contributed by atoms with E-state index in [2.05, 4.69) is 10.3 Å². The normalized spacial score (nSPS) is 24.1. The Morgan fingerprint density at radius 3 is 2.53 bits per heavy atom. The van der Waals surface area contributed by atoms with E-state index >= 15 is 0 Å². The molecule has 0 bridgehead atoms. The molecule has 2 heterocycles. The molecular weight excluding hydrogens is 238 g/mol. The number of rotatable bonds is 2. The molecule has 1 saturated heterocycles. The van der Waals surface area contributed by atoms with Gasteiger partial charge in [-0.2, -0.15) is 0 Å². The average molecular weight is 253 g/mol. The van der Waals surface area contributed by atoms with E-state index in [4.69, 9.17) is 0 Å². The van der Waals surface area contributed by atoms with Gasteiger partial charge in [-0.3, -0.25) is 9.37 Å². The zero-order valence-electron chi connectivity index (χ0n) is 8.23. The molecule has 0 spiro atoms. The maximum Gasteiger partial charge on any atom is 0.0941 e. The van der Waals surface area contributed by atoms with Gasteiger partial charge in [0.1, 0.15) is 0 Å². The first-order valence-corrected chi connectivity index (χ1v) is 4.58. The first kappa shape index (κ1) is 14.6. The topological polar surface area (TPSA) is 24.9 Å². The lowest BCUT2D eigenvalue weighted by molar-refractivity contribution is 0.358. The average Bonchev–Trinajstić information content (AvgIpc) is 2.67. The highest BCUT2D eigenvalue weighted by molar-refractivity contribution is 5.85. The molecule has 0 amide bonds. The predicted molar refractivity (Wildman–Crippen MR) is 63.8 cm³/mol. The van der Waals surface area contributed by atoms with Crippen molar-refractivity contribution in [2.24, 2.45) is 5.92 Å². The molecule has 0 aromatic carbocycles. The standard InChI is InChI=1S/C10H13FN2.2ClH/c11-5-9-6-13-7-10(9)8-1-3-12-4-2-8;;/h1-4,9-10,13H,5-7H2;2*1H. The number of alkyl halides is 1. The van der Waals surface area contributed by atoms with Crippen molar-refractivity contribution in [1.29, 1.82) is 0 Å². The van der Waals surface area contributed by atoms with E-state index in [1.807, 2.05) is 12.1 Å². The van der Waals surface area contributed by atoms with E-state index in [0.717, 1.165) is 13.1 Å². The van der Waals surface area contributed by atoms with E-state index in [1.165, 1.54) is 5.56 Å². The Balaban J connectivity index is 0.000000980. The molecule has 0 saturated carbocycles. The number of pyridine rings is 1. The maximum atomic E-state index is 12.6. The highest BCUT2D eigenvalue weighted by atomic mass is 35.5. The van der Waals surface area contributed by atoms with Crippen LogP contribution >= 0.6 is 24.8 Å². The lowest BCUT2D eigenvalue weighted by Crippen LogP contribution is -2.12. The van der Waals surface area contributed by atoms with Crippen LogP contribution in [0.2, 0.25) is 0 Å². The highest BCUT2D eigenvalue weighted by Gasteiger charge is 2.27. The van der Waals surface area contributed by atoms with Crippen LogP contribution in [0.15, 0.2) is 24.5 Å². The largest absolute Gasteiger partial charge is 0.316 e. The Kier molecular flexibility index (Phi) is 6.81. The molecule has 5 heteroatoms. The fraction of sp³-hybridized carbons (Fsp3) is 0.500. The summed E-state index contributed by atoms with van der Waals surface area (Å²) in [5, 5.41) is 3.21. The lowest BCUT2D eigenvalue weighted by atomic mass is 9.91. The summed E-state index contributed by atoms with van der Waals surface area (Å²) in [6.07, 6.45) is 3.53. The summed E-state index contributed by atoms with van der Waals surface area (Å²) in [6.45, 7) is 1.45. The molecule has 2 nitrogen and oxygen atoms in total. The molecule has 1 aromatic rings. The number of nitrogens with one attached hydrogen (secondary N) is 1. The Morgan fingerprint density at radius 2 is 1.93 bits per heavy atom. The van der Waals surface area contributed by atoms with Gasteiger partial charge in [0.05, 0.1) is 6.67 Å². The highest BCUT2D eigenvalue weighted by Crippen LogP contribution is 2.27. The van der Waals surface area contributed by atoms with E-state index in [0.29, 0.717) is 5.92 Å². The smallest absolute Gasteiger partial charge is 0.0941 e. The molecule has 1 N–H and O–H groups in total. The van der Waals surface area contributed by atoms with Gasteiger partial charge in [0.15, 0.2) is 0 Å². The molecule has 15 heavy (non-hydrogen) atoms. The van der Waals surface area contributed by atoms with Crippen LogP contribution in [-0.4, -0.2) is 24.7 Å². The van der Waals surface area contributed by atoms with Crippen molar-refractivity contribution >= 4 is 24.8 Å². The van der Waals surface area contributed by atoms with Crippen LogP contribution < -0.4 is 5.32 Å². The minimum Gasteiger partial charge on any atom is -0.316 e. The summed E-state index contributed by atoms with van der Waals surface area (Å²) in [6, 6.07) is 3.95. The minimum atomic E-state index is -0.236. The molecule has 86 valence electrons. The zero-order valence-corrected chi connectivity index (χ0v) is 9.86. The molecule has 1 aliphatic rings. The first-order valence-electron chi connectivity index (χ1n) is 4.58. The van der Waals surface area contributed by atoms with Gasteiger partial charge in [0.25, 0.3) is 0 Å². The first-order chi connectivity index (χ1) is 6.42. The summed E-state index contributed by atoms with van der Waals surface area (Å²) >= 11 is 0. The molecule has 0 radical (unpaired) electrons. The maximum absolute atomic E-state index is 12.6. The fourth-order valence-electron chi connectivity index (χ4n) is 1.90. The molecule has 2 rings (SSSR count). The Labute approximate surface area is 101 Å². The quantitative estimate of drug-likeness (QED) is 0.874. The van der Waals surface area contributed by atoms with E-state index in [1.54, 1.807) is 12.4 Å². The van der Waals surface area contributed by atoms with Gasteiger partial charge in [-0.1, -0.05) is 0 Å². The van der Waals surface area contributed by atoms with Gasteiger partial charge in [-0.25, -0.2) is 0 Å². The molecule has 1 aliphatic heterocycles. The Morgan fingerprint density at radius 1 is 1.27 bits per heavy atom. The molecule has 2 atom stereocenters. The summed E-state index contributed by atoms with van der Waals surface area (Å²) in [5.41, 5.74) is 1.20. The monoisotopic (exact) mass is 252 g/mol. The van der Waals surface area contributed by atoms with Crippen molar-refractivity contribution in [3.63, 3.8) is 0 Å². The van der Waals surface area contributed by atoms with Gasteiger partial charge in [0.2, 0.25) is 0 Å². The van der Waals surface area contributed by atoms with Gasteiger partial charge in [-0.15, -0.1) is 24.8 Å².